The van der Waals surface area contributed by atoms with E-state index in [4.69, 9.17) is 37.7 Å². The third kappa shape index (κ3) is 7.59. The van der Waals surface area contributed by atoms with Crippen LogP contribution in [0.5, 0.6) is 11.6 Å². The number of benzene rings is 2. The second-order valence-electron chi connectivity index (χ2n) is 11.1. The number of rotatable bonds is 13. The molecule has 9 nitrogen and oxygen atoms in total. The Morgan fingerprint density at radius 1 is 1.04 bits per heavy atom. The van der Waals surface area contributed by atoms with Crippen molar-refractivity contribution in [1.29, 1.82) is 0 Å². The summed E-state index contributed by atoms with van der Waals surface area (Å²) in [6.07, 6.45) is 2.41. The SMILES string of the molecule is COc1cc(-c2nccc(-c3cccc(-c4ccc(CNCC5CCC(=O)N5)c(OC)n4)c3Cl)c2Cl)cc(F)c1CNCC(C)O. The van der Waals surface area contributed by atoms with Gasteiger partial charge in [0.15, 0.2) is 0 Å². The number of halogens is 3. The van der Waals surface area contributed by atoms with Crippen molar-refractivity contribution in [3.8, 4) is 45.3 Å². The fourth-order valence-corrected chi connectivity index (χ4v) is 6.09. The summed E-state index contributed by atoms with van der Waals surface area (Å²) in [5, 5.41) is 19.6. The summed E-state index contributed by atoms with van der Waals surface area (Å²) in [4.78, 5) is 20.7. The van der Waals surface area contributed by atoms with Crippen LogP contribution in [0.25, 0.3) is 33.6 Å². The van der Waals surface area contributed by atoms with Gasteiger partial charge in [-0.25, -0.2) is 9.37 Å². The van der Waals surface area contributed by atoms with Crippen molar-refractivity contribution in [1.82, 2.24) is 25.9 Å². The summed E-state index contributed by atoms with van der Waals surface area (Å²) in [6, 6.07) is 14.3. The monoisotopic (exact) mass is 667 g/mol. The van der Waals surface area contributed by atoms with Crippen LogP contribution < -0.4 is 25.4 Å². The molecule has 2 aromatic carbocycles. The van der Waals surface area contributed by atoms with Crippen molar-refractivity contribution >= 4 is 29.1 Å². The number of hydrogen-bond acceptors (Lipinski definition) is 8. The molecule has 2 aromatic heterocycles. The van der Waals surface area contributed by atoms with Gasteiger partial charge in [0.05, 0.1) is 41.8 Å². The number of carbonyl (C=O) groups excluding carboxylic acids is 1. The van der Waals surface area contributed by atoms with Gasteiger partial charge in [-0.05, 0) is 37.6 Å². The Labute approximate surface area is 277 Å². The first-order valence-corrected chi connectivity index (χ1v) is 15.7. The fourth-order valence-electron chi connectivity index (χ4n) is 5.44. The van der Waals surface area contributed by atoms with Gasteiger partial charge < -0.3 is 30.5 Å². The molecule has 4 N–H and O–H groups in total. The second kappa shape index (κ2) is 15.2. The zero-order chi connectivity index (χ0) is 32.8. The Kier molecular flexibility index (Phi) is 11.1. The largest absolute Gasteiger partial charge is 0.496 e. The van der Waals surface area contributed by atoms with E-state index in [1.165, 1.54) is 13.2 Å². The van der Waals surface area contributed by atoms with Crippen LogP contribution in [0, 0.1) is 5.82 Å². The van der Waals surface area contributed by atoms with Crippen LogP contribution in [0.3, 0.4) is 0 Å². The van der Waals surface area contributed by atoms with E-state index >= 15 is 4.39 Å². The molecule has 1 aliphatic heterocycles. The standard InChI is InChI=1S/C34H36Cl2FN5O4/c1-19(43)15-38-18-26-27(37)13-21(14-29(26)45-2)33-32(36)24(11-12-40-33)23-5-4-6-25(31(23)35)28-9-7-20(34(42-28)46-3)16-39-17-22-8-10-30(44)41-22/h4-7,9,11-14,19,22,38-39,43H,8,10,15-18H2,1-3H3,(H,41,44). The predicted molar refractivity (Wildman–Crippen MR) is 178 cm³/mol. The maximum atomic E-state index is 15.3. The Morgan fingerprint density at radius 3 is 2.54 bits per heavy atom. The van der Waals surface area contributed by atoms with Crippen LogP contribution in [-0.2, 0) is 17.9 Å². The minimum Gasteiger partial charge on any atom is -0.496 e. The molecule has 3 heterocycles. The van der Waals surface area contributed by atoms with E-state index in [1.807, 2.05) is 30.3 Å². The maximum Gasteiger partial charge on any atom is 0.220 e. The third-order valence-electron chi connectivity index (χ3n) is 7.77. The fraction of sp³-hybridized carbons (Fsp3) is 0.324. The molecule has 0 spiro atoms. The van der Waals surface area contributed by atoms with Crippen LogP contribution in [0.1, 0.15) is 30.9 Å². The van der Waals surface area contributed by atoms with Crippen LogP contribution in [0.15, 0.2) is 54.7 Å². The molecule has 46 heavy (non-hydrogen) atoms. The molecule has 0 saturated carbocycles. The number of nitrogens with one attached hydrogen (secondary N) is 3. The second-order valence-corrected chi connectivity index (χ2v) is 11.9. The summed E-state index contributed by atoms with van der Waals surface area (Å²) in [5.41, 5.74) is 4.60. The van der Waals surface area contributed by atoms with E-state index < -0.39 is 11.9 Å². The van der Waals surface area contributed by atoms with Crippen LogP contribution in [-0.4, -0.2) is 60.4 Å². The van der Waals surface area contributed by atoms with Crippen molar-refractivity contribution in [3.63, 3.8) is 0 Å². The molecule has 2 unspecified atom stereocenters. The number of aliphatic hydroxyl groups excluding tert-OH is 1. The summed E-state index contributed by atoms with van der Waals surface area (Å²) in [6.45, 7) is 3.32. The topological polar surface area (TPSA) is 118 Å². The van der Waals surface area contributed by atoms with Crippen LogP contribution >= 0.6 is 23.2 Å². The highest BCUT2D eigenvalue weighted by molar-refractivity contribution is 6.39. The van der Waals surface area contributed by atoms with Crippen LogP contribution in [0.2, 0.25) is 10.0 Å². The van der Waals surface area contributed by atoms with Crippen molar-refractivity contribution in [2.75, 3.05) is 27.3 Å². The molecule has 1 fully saturated rings. The lowest BCUT2D eigenvalue weighted by Gasteiger charge is -2.16. The van der Waals surface area contributed by atoms with E-state index in [-0.39, 0.29) is 18.5 Å². The Balaban J connectivity index is 1.41. The molecule has 1 saturated heterocycles. The summed E-state index contributed by atoms with van der Waals surface area (Å²) < 4.78 is 26.4. The number of hydrogen-bond donors (Lipinski definition) is 4. The number of carbonyl (C=O) groups is 1. The lowest BCUT2D eigenvalue weighted by molar-refractivity contribution is -0.119. The van der Waals surface area contributed by atoms with E-state index in [9.17, 15) is 9.90 Å². The van der Waals surface area contributed by atoms with Gasteiger partial charge in [-0.3, -0.25) is 9.78 Å². The first-order chi connectivity index (χ1) is 22.2. The molecule has 0 aliphatic carbocycles. The van der Waals surface area contributed by atoms with Crippen molar-refractivity contribution < 1.29 is 23.8 Å². The lowest BCUT2D eigenvalue weighted by Crippen LogP contribution is -2.35. The number of methoxy groups -OCH3 is 2. The predicted octanol–water partition coefficient (Wildman–Crippen LogP) is 5.78. The van der Waals surface area contributed by atoms with E-state index in [2.05, 4.69) is 20.9 Å². The molecule has 0 radical (unpaired) electrons. The van der Waals surface area contributed by atoms with Crippen molar-refractivity contribution in [3.05, 3.63) is 81.7 Å². The van der Waals surface area contributed by atoms with Gasteiger partial charge in [0, 0.05) is 78.2 Å². The van der Waals surface area contributed by atoms with E-state index in [0.29, 0.717) is 86.9 Å². The minimum absolute atomic E-state index is 0.0836. The van der Waals surface area contributed by atoms with Gasteiger partial charge in [-0.15, -0.1) is 0 Å². The number of amides is 1. The molecule has 1 amide bonds. The van der Waals surface area contributed by atoms with Crippen molar-refractivity contribution in [2.24, 2.45) is 0 Å². The molecule has 12 heteroatoms. The summed E-state index contributed by atoms with van der Waals surface area (Å²) in [5.74, 6) is 0.395. The average molecular weight is 669 g/mol. The number of aromatic nitrogens is 2. The molecule has 2 atom stereocenters. The molecule has 0 bridgehead atoms. The van der Waals surface area contributed by atoms with Crippen molar-refractivity contribution in [2.45, 2.75) is 45.0 Å². The quantitative estimate of drug-likeness (QED) is 0.142. The maximum absolute atomic E-state index is 15.3. The van der Waals surface area contributed by atoms with Crippen LogP contribution in [0.4, 0.5) is 4.39 Å². The summed E-state index contributed by atoms with van der Waals surface area (Å²) in [7, 11) is 3.04. The minimum atomic E-state index is -0.567. The number of pyridine rings is 2. The smallest absolute Gasteiger partial charge is 0.220 e. The van der Waals surface area contributed by atoms with Gasteiger partial charge in [0.25, 0.3) is 0 Å². The number of nitrogens with zero attached hydrogens (tertiary/aromatic N) is 2. The van der Waals surface area contributed by atoms with Gasteiger partial charge >= 0.3 is 0 Å². The third-order valence-corrected chi connectivity index (χ3v) is 8.56. The molecular formula is C34H36Cl2FN5O4. The average Bonchev–Trinajstić information content (AvgIpc) is 3.46. The molecular weight excluding hydrogens is 632 g/mol. The molecule has 4 aromatic rings. The number of aliphatic hydroxyl groups is 1. The molecule has 5 rings (SSSR count). The highest BCUT2D eigenvalue weighted by Gasteiger charge is 2.22. The van der Waals surface area contributed by atoms with Gasteiger partial charge in [-0.1, -0.05) is 47.5 Å². The van der Waals surface area contributed by atoms with E-state index in [1.54, 1.807) is 32.4 Å². The number of ether oxygens (including phenoxy) is 2. The highest BCUT2D eigenvalue weighted by Crippen LogP contribution is 2.42. The normalized spacial score (nSPS) is 15.1. The van der Waals surface area contributed by atoms with E-state index in [0.717, 1.165) is 12.0 Å². The first-order valence-electron chi connectivity index (χ1n) is 14.9. The van der Waals surface area contributed by atoms with Gasteiger partial charge in [0.1, 0.15) is 11.6 Å². The highest BCUT2D eigenvalue weighted by atomic mass is 35.5. The molecule has 242 valence electrons. The Morgan fingerprint density at radius 2 is 1.83 bits per heavy atom. The zero-order valence-electron chi connectivity index (χ0n) is 25.8. The van der Waals surface area contributed by atoms with Gasteiger partial charge in [-0.2, -0.15) is 0 Å². The van der Waals surface area contributed by atoms with Gasteiger partial charge in [0.2, 0.25) is 11.8 Å². The Bertz CT molecular complexity index is 1720. The lowest BCUT2D eigenvalue weighted by atomic mass is 9.99. The Hall–Kier alpha value is -3.80. The zero-order valence-corrected chi connectivity index (χ0v) is 27.3. The summed E-state index contributed by atoms with van der Waals surface area (Å²) >= 11 is 13.9. The molecule has 1 aliphatic rings. The first kappa shape index (κ1) is 33.6.